The first-order chi connectivity index (χ1) is 16.6. The van der Waals surface area contributed by atoms with Crippen molar-refractivity contribution in [1.82, 2.24) is 9.47 Å². The topological polar surface area (TPSA) is 29.9 Å². The summed E-state index contributed by atoms with van der Waals surface area (Å²) in [5.74, 6) is 1.52. The lowest BCUT2D eigenvalue weighted by Crippen LogP contribution is -2.46. The molecule has 0 atom stereocenters. The molecule has 0 aliphatic carbocycles. The molecule has 5 nitrogen and oxygen atoms in total. The van der Waals surface area contributed by atoms with Gasteiger partial charge >= 0.3 is 0 Å². The first kappa shape index (κ1) is 22.4. The van der Waals surface area contributed by atoms with Gasteiger partial charge in [0.25, 0.3) is 0 Å². The second-order valence-electron chi connectivity index (χ2n) is 9.15. The van der Waals surface area contributed by atoms with Crippen molar-refractivity contribution in [2.75, 3.05) is 45.3 Å². The smallest absolute Gasteiger partial charge is 0.161 e. The highest BCUT2D eigenvalue weighted by atomic mass is 16.5. The average molecular weight is 456 g/mol. The molecule has 34 heavy (non-hydrogen) atoms. The minimum absolute atomic E-state index is 0.757. The Bertz CT molecular complexity index is 1250. The second-order valence-corrected chi connectivity index (χ2v) is 9.15. The molecule has 1 fully saturated rings. The number of hydrogen-bond acceptors (Lipinski definition) is 4. The Balaban J connectivity index is 1.29. The number of fused-ring (bicyclic) bond motifs is 1. The first-order valence-electron chi connectivity index (χ1n) is 11.9. The third-order valence-corrected chi connectivity index (χ3v) is 6.77. The van der Waals surface area contributed by atoms with Crippen molar-refractivity contribution in [3.63, 3.8) is 0 Å². The maximum atomic E-state index is 5.48. The number of benzene rings is 3. The summed E-state index contributed by atoms with van der Waals surface area (Å²) in [5, 5.41) is 2.59. The van der Waals surface area contributed by atoms with E-state index in [9.17, 15) is 0 Å². The van der Waals surface area contributed by atoms with Crippen molar-refractivity contribution < 1.29 is 9.47 Å². The molecule has 0 N–H and O–H groups in total. The van der Waals surface area contributed by atoms with Gasteiger partial charge < -0.3 is 18.9 Å². The van der Waals surface area contributed by atoms with Gasteiger partial charge in [0.2, 0.25) is 0 Å². The normalized spacial score (nSPS) is 14.5. The third kappa shape index (κ3) is 4.75. The Morgan fingerprint density at radius 3 is 2.21 bits per heavy atom. The molecule has 0 amide bonds. The van der Waals surface area contributed by atoms with Crippen LogP contribution in [-0.4, -0.2) is 49.9 Å². The number of methoxy groups -OCH3 is 2. The Kier molecular flexibility index (Phi) is 6.45. The number of aryl methyl sites for hydroxylation is 1. The molecule has 0 radical (unpaired) electrons. The molecule has 176 valence electrons. The van der Waals surface area contributed by atoms with Crippen molar-refractivity contribution >= 4 is 16.5 Å². The van der Waals surface area contributed by atoms with Crippen LogP contribution in [0.3, 0.4) is 0 Å². The number of piperazine rings is 1. The van der Waals surface area contributed by atoms with E-state index in [2.05, 4.69) is 88.3 Å². The highest BCUT2D eigenvalue weighted by Gasteiger charge is 2.19. The lowest BCUT2D eigenvalue weighted by Gasteiger charge is -2.36. The summed E-state index contributed by atoms with van der Waals surface area (Å²) in [4.78, 5) is 5.10. The average Bonchev–Trinajstić information content (AvgIpc) is 3.28. The van der Waals surface area contributed by atoms with Crippen molar-refractivity contribution in [1.29, 1.82) is 0 Å². The van der Waals surface area contributed by atoms with Gasteiger partial charge in [0.15, 0.2) is 11.5 Å². The summed E-state index contributed by atoms with van der Waals surface area (Å²) in [6.45, 7) is 8.22. The van der Waals surface area contributed by atoms with Crippen LogP contribution in [0, 0.1) is 6.92 Å². The van der Waals surface area contributed by atoms with E-state index in [4.69, 9.17) is 9.47 Å². The number of rotatable bonds is 7. The predicted octanol–water partition coefficient (Wildman–Crippen LogP) is 5.34. The van der Waals surface area contributed by atoms with Gasteiger partial charge in [-0.2, -0.15) is 0 Å². The maximum Gasteiger partial charge on any atom is 0.161 e. The van der Waals surface area contributed by atoms with Crippen LogP contribution < -0.4 is 14.4 Å². The van der Waals surface area contributed by atoms with Crippen LogP contribution in [0.4, 0.5) is 5.69 Å². The molecule has 0 spiro atoms. The molecule has 3 aromatic carbocycles. The van der Waals surface area contributed by atoms with Gasteiger partial charge in [0.05, 0.1) is 14.2 Å². The number of ether oxygens (including phenoxy) is 2. The van der Waals surface area contributed by atoms with Crippen LogP contribution >= 0.6 is 0 Å². The van der Waals surface area contributed by atoms with Crippen LogP contribution in [0.15, 0.2) is 73.1 Å². The summed E-state index contributed by atoms with van der Waals surface area (Å²) >= 11 is 0. The lowest BCUT2D eigenvalue weighted by molar-refractivity contribution is 0.250. The number of aromatic nitrogens is 1. The molecule has 1 aromatic heterocycles. The minimum atomic E-state index is 0.757. The van der Waals surface area contributed by atoms with E-state index in [1.165, 1.54) is 33.2 Å². The third-order valence-electron chi connectivity index (χ3n) is 6.77. The van der Waals surface area contributed by atoms with E-state index in [0.717, 1.165) is 50.8 Å². The molecule has 4 aromatic rings. The zero-order chi connectivity index (χ0) is 23.5. The molecule has 0 saturated carbocycles. The fraction of sp³-hybridized carbons (Fsp3) is 0.310. The standard InChI is InChI=1S/C29H33N3O2/c1-22-7-9-23(10-8-22)18-30-13-15-32(16-14-30)27-6-4-5-25-20-31(21-26(25)27)19-24-11-12-28(33-2)29(17-24)34-3/h4-12,17,20-21H,13-16,18-19H2,1-3H3. The Morgan fingerprint density at radius 2 is 1.47 bits per heavy atom. The summed E-state index contributed by atoms with van der Waals surface area (Å²) in [7, 11) is 3.35. The van der Waals surface area contributed by atoms with E-state index in [1.807, 2.05) is 6.07 Å². The highest BCUT2D eigenvalue weighted by molar-refractivity contribution is 5.94. The summed E-state index contributed by atoms with van der Waals surface area (Å²) in [6.07, 6.45) is 4.52. The van der Waals surface area contributed by atoms with Crippen molar-refractivity contribution in [2.45, 2.75) is 20.0 Å². The van der Waals surface area contributed by atoms with Crippen molar-refractivity contribution in [3.8, 4) is 11.5 Å². The van der Waals surface area contributed by atoms with Crippen molar-refractivity contribution in [2.24, 2.45) is 0 Å². The zero-order valence-corrected chi connectivity index (χ0v) is 20.3. The molecule has 0 unspecified atom stereocenters. The number of anilines is 1. The van der Waals surface area contributed by atoms with Gasteiger partial charge in [-0.25, -0.2) is 0 Å². The van der Waals surface area contributed by atoms with E-state index < -0.39 is 0 Å². The molecule has 5 rings (SSSR count). The SMILES string of the molecule is COc1ccc(Cn2cc3cccc(N4CCN(Cc5ccc(C)cc5)CC4)c3c2)cc1OC. The van der Waals surface area contributed by atoms with Crippen LogP contribution in [-0.2, 0) is 13.1 Å². The van der Waals surface area contributed by atoms with Crippen LogP contribution in [0.5, 0.6) is 11.5 Å². The maximum absolute atomic E-state index is 5.48. The lowest BCUT2D eigenvalue weighted by atomic mass is 10.1. The van der Waals surface area contributed by atoms with E-state index in [0.29, 0.717) is 0 Å². The van der Waals surface area contributed by atoms with E-state index in [1.54, 1.807) is 14.2 Å². The van der Waals surface area contributed by atoms with E-state index in [-0.39, 0.29) is 0 Å². The second kappa shape index (κ2) is 9.82. The quantitative estimate of drug-likeness (QED) is 0.376. The van der Waals surface area contributed by atoms with Crippen molar-refractivity contribution in [3.05, 3.63) is 89.7 Å². The molecule has 1 aliphatic heterocycles. The molecule has 5 heteroatoms. The van der Waals surface area contributed by atoms with Gasteiger partial charge in [-0.1, -0.05) is 48.0 Å². The summed E-state index contributed by atoms with van der Waals surface area (Å²) in [5.41, 5.74) is 5.23. The molecule has 2 heterocycles. The van der Waals surface area contributed by atoms with Gasteiger partial charge in [-0.15, -0.1) is 0 Å². The molecule has 1 saturated heterocycles. The Morgan fingerprint density at radius 1 is 0.735 bits per heavy atom. The van der Waals surface area contributed by atoms with Gasteiger partial charge in [-0.05, 0) is 36.2 Å². The number of hydrogen-bond donors (Lipinski definition) is 0. The van der Waals surface area contributed by atoms with Gasteiger partial charge in [0.1, 0.15) is 0 Å². The van der Waals surface area contributed by atoms with Crippen LogP contribution in [0.25, 0.3) is 10.8 Å². The van der Waals surface area contributed by atoms with E-state index >= 15 is 0 Å². The number of nitrogens with zero attached hydrogens (tertiary/aromatic N) is 3. The molecular weight excluding hydrogens is 422 g/mol. The summed E-state index contributed by atoms with van der Waals surface area (Å²) < 4.78 is 13.1. The van der Waals surface area contributed by atoms with Crippen LogP contribution in [0.2, 0.25) is 0 Å². The van der Waals surface area contributed by atoms with Crippen LogP contribution in [0.1, 0.15) is 16.7 Å². The highest BCUT2D eigenvalue weighted by Crippen LogP contribution is 2.31. The fourth-order valence-electron chi connectivity index (χ4n) is 4.86. The largest absolute Gasteiger partial charge is 0.493 e. The first-order valence-corrected chi connectivity index (χ1v) is 11.9. The fourth-order valence-corrected chi connectivity index (χ4v) is 4.86. The minimum Gasteiger partial charge on any atom is -0.493 e. The zero-order valence-electron chi connectivity index (χ0n) is 20.3. The molecule has 0 bridgehead atoms. The predicted molar refractivity (Wildman–Crippen MR) is 139 cm³/mol. The van der Waals surface area contributed by atoms with Gasteiger partial charge in [0, 0.05) is 68.1 Å². The Labute approximate surface area is 202 Å². The van der Waals surface area contributed by atoms with Gasteiger partial charge in [-0.3, -0.25) is 4.90 Å². The Hall–Kier alpha value is -3.44. The monoisotopic (exact) mass is 455 g/mol. The molecular formula is C29H33N3O2. The molecule has 1 aliphatic rings. The summed E-state index contributed by atoms with van der Waals surface area (Å²) in [6, 6.07) is 21.7.